The van der Waals surface area contributed by atoms with E-state index < -0.39 is 11.4 Å². The van der Waals surface area contributed by atoms with Crippen LogP contribution >= 0.6 is 0 Å². The molecule has 1 aromatic rings. The number of likely N-dealkylation sites (tertiary alicyclic amines) is 1. The molecule has 0 saturated carbocycles. The van der Waals surface area contributed by atoms with Crippen LogP contribution < -0.4 is 10.2 Å². The third-order valence-corrected chi connectivity index (χ3v) is 6.97. The number of nitrogens with zero attached hydrogens (tertiary/aromatic N) is 4. The van der Waals surface area contributed by atoms with Crippen LogP contribution in [0.3, 0.4) is 0 Å². The summed E-state index contributed by atoms with van der Waals surface area (Å²) >= 11 is 0. The first-order valence-electron chi connectivity index (χ1n) is 11.6. The number of oxime groups is 1. The topological polar surface area (TPSA) is 73.2 Å². The molecule has 1 fully saturated rings. The number of rotatable bonds is 6. The molecule has 1 atom stereocenters. The molecule has 1 aromatic heterocycles. The van der Waals surface area contributed by atoms with E-state index in [1.807, 2.05) is 35.3 Å². The number of pyridine rings is 1. The first kappa shape index (κ1) is 22.7. The Kier molecular flexibility index (Phi) is 5.97. The molecule has 8 heteroatoms. The van der Waals surface area contributed by atoms with Gasteiger partial charge >= 0.3 is 0 Å². The molecule has 1 saturated heterocycles. The maximum absolute atomic E-state index is 14.9. The van der Waals surface area contributed by atoms with E-state index in [0.717, 1.165) is 55.0 Å². The summed E-state index contributed by atoms with van der Waals surface area (Å²) < 4.78 is 14.9. The Morgan fingerprint density at radius 2 is 2.06 bits per heavy atom. The van der Waals surface area contributed by atoms with Crippen LogP contribution in [0.1, 0.15) is 24.1 Å². The largest absolute Gasteiger partial charge is 0.399 e. The van der Waals surface area contributed by atoms with Crippen LogP contribution in [0.25, 0.3) is 6.08 Å². The van der Waals surface area contributed by atoms with Crippen LogP contribution in [0.4, 0.5) is 10.1 Å². The van der Waals surface area contributed by atoms with Crippen molar-refractivity contribution < 1.29 is 14.3 Å². The van der Waals surface area contributed by atoms with E-state index >= 15 is 0 Å². The Balaban J connectivity index is 1.18. The minimum atomic E-state index is -1.30. The summed E-state index contributed by atoms with van der Waals surface area (Å²) in [6.45, 7) is 11.2. The van der Waals surface area contributed by atoms with Crippen molar-refractivity contribution >= 4 is 17.5 Å². The Hall–Kier alpha value is -3.07. The molecule has 5 rings (SSSR count). The highest BCUT2D eigenvalue weighted by Gasteiger charge is 2.47. The average molecular weight is 464 g/mol. The van der Waals surface area contributed by atoms with Crippen molar-refractivity contribution in [2.45, 2.75) is 24.5 Å². The van der Waals surface area contributed by atoms with Crippen LogP contribution in [0, 0.1) is 5.82 Å². The average Bonchev–Trinajstić information content (AvgIpc) is 3.14. The first-order valence-corrected chi connectivity index (χ1v) is 11.6. The van der Waals surface area contributed by atoms with Gasteiger partial charge in [0.15, 0.2) is 0 Å². The Morgan fingerprint density at radius 3 is 2.79 bits per heavy atom. The first-order chi connectivity index (χ1) is 16.4. The lowest BCUT2D eigenvalue weighted by atomic mass is 9.93. The van der Waals surface area contributed by atoms with Gasteiger partial charge < -0.3 is 20.2 Å². The van der Waals surface area contributed by atoms with E-state index in [2.05, 4.69) is 33.5 Å². The monoisotopic (exact) mass is 463 g/mol. The zero-order valence-electron chi connectivity index (χ0n) is 19.4. The SMILES string of the molecule is C=C1C=C(CNC2CCN(CC3(O)CN4C(=C)C=Cc5ncc(F)c3c54)CC2)C=C/C1=N/OC. The van der Waals surface area contributed by atoms with Gasteiger partial charge in [-0.2, -0.15) is 0 Å². The predicted octanol–water partition coefficient (Wildman–Crippen LogP) is 2.88. The predicted molar refractivity (Wildman–Crippen MR) is 132 cm³/mol. The van der Waals surface area contributed by atoms with Gasteiger partial charge in [-0.15, -0.1) is 0 Å². The van der Waals surface area contributed by atoms with Crippen LogP contribution in [-0.4, -0.2) is 66.6 Å². The molecule has 0 bridgehead atoms. The molecule has 0 aromatic carbocycles. The Morgan fingerprint density at radius 1 is 1.26 bits per heavy atom. The summed E-state index contributed by atoms with van der Waals surface area (Å²) in [6, 6.07) is 0.383. The zero-order valence-corrected chi connectivity index (χ0v) is 19.4. The second-order valence-corrected chi connectivity index (χ2v) is 9.33. The number of β-amino-alcohol motifs (C(OH)–C–C–N with tert-alkyl or cyclic N) is 1. The standard InChI is InChI=1S/C26H30FN5O2/c1-17-12-19(5-7-22(17)30-34-3)13-28-20-8-10-31(11-9-20)15-26(33)16-32-18(2)4-6-23-25(32)24(26)21(27)14-29-23/h4-7,12,14,20,28,33H,1-2,8-11,13,15-16H2,3H3/b30-22-. The minimum absolute atomic E-state index is 0.290. The minimum Gasteiger partial charge on any atom is -0.399 e. The molecule has 3 aliphatic heterocycles. The van der Waals surface area contributed by atoms with Crippen molar-refractivity contribution in [1.29, 1.82) is 0 Å². The molecule has 178 valence electrons. The molecule has 34 heavy (non-hydrogen) atoms. The van der Waals surface area contributed by atoms with E-state index in [1.165, 1.54) is 13.3 Å². The van der Waals surface area contributed by atoms with Crippen molar-refractivity contribution in [3.8, 4) is 0 Å². The van der Waals surface area contributed by atoms with Gasteiger partial charge in [0.25, 0.3) is 0 Å². The second kappa shape index (κ2) is 8.94. The number of allylic oxidation sites excluding steroid dienone is 4. The summed E-state index contributed by atoms with van der Waals surface area (Å²) in [4.78, 5) is 13.1. The number of aromatic nitrogens is 1. The maximum Gasteiger partial charge on any atom is 0.149 e. The van der Waals surface area contributed by atoms with Crippen molar-refractivity contribution in [3.05, 3.63) is 77.6 Å². The molecule has 4 aliphatic rings. The van der Waals surface area contributed by atoms with Gasteiger partial charge in [0.05, 0.1) is 24.1 Å². The van der Waals surface area contributed by atoms with Crippen LogP contribution in [-0.2, 0) is 10.4 Å². The maximum atomic E-state index is 14.9. The van der Waals surface area contributed by atoms with E-state index in [9.17, 15) is 9.50 Å². The van der Waals surface area contributed by atoms with Crippen molar-refractivity contribution in [2.24, 2.45) is 5.16 Å². The number of anilines is 1. The lowest BCUT2D eigenvalue weighted by Crippen LogP contribution is -2.49. The highest BCUT2D eigenvalue weighted by atomic mass is 19.1. The number of aliphatic hydroxyl groups is 1. The summed E-state index contributed by atoms with van der Waals surface area (Å²) in [6.07, 6.45) is 12.8. The van der Waals surface area contributed by atoms with Gasteiger partial charge in [-0.05, 0) is 61.4 Å². The quantitative estimate of drug-likeness (QED) is 0.632. The molecule has 1 aliphatic carbocycles. The molecule has 1 unspecified atom stereocenters. The highest BCUT2D eigenvalue weighted by Crippen LogP contribution is 2.46. The lowest BCUT2D eigenvalue weighted by Gasteiger charge is -2.37. The summed E-state index contributed by atoms with van der Waals surface area (Å²) in [7, 11) is 1.52. The van der Waals surface area contributed by atoms with Gasteiger partial charge in [-0.3, -0.25) is 9.88 Å². The fourth-order valence-electron chi connectivity index (χ4n) is 5.25. The van der Waals surface area contributed by atoms with Gasteiger partial charge in [0, 0.05) is 30.4 Å². The molecule has 4 heterocycles. The fraction of sp³-hybridized carbons (Fsp3) is 0.385. The third-order valence-electron chi connectivity index (χ3n) is 6.97. The van der Waals surface area contributed by atoms with Gasteiger partial charge in [0.1, 0.15) is 24.2 Å². The van der Waals surface area contributed by atoms with Crippen LogP contribution in [0.5, 0.6) is 0 Å². The normalized spacial score (nSPS) is 25.8. The molecule has 0 radical (unpaired) electrons. The second-order valence-electron chi connectivity index (χ2n) is 9.33. The molecule has 0 spiro atoms. The number of hydrogen-bond donors (Lipinski definition) is 2. The Labute approximate surface area is 199 Å². The molecule has 7 nitrogen and oxygen atoms in total. The van der Waals surface area contributed by atoms with E-state index in [-0.39, 0.29) is 6.54 Å². The number of piperidine rings is 1. The van der Waals surface area contributed by atoms with Crippen LogP contribution in [0.15, 0.2) is 65.7 Å². The number of halogens is 1. The summed E-state index contributed by atoms with van der Waals surface area (Å²) in [5, 5.41) is 19.2. The fourth-order valence-corrected chi connectivity index (χ4v) is 5.25. The molecule has 0 amide bonds. The molecular weight excluding hydrogens is 433 g/mol. The lowest BCUT2D eigenvalue weighted by molar-refractivity contribution is 0.00383. The molecular formula is C26H30FN5O2. The van der Waals surface area contributed by atoms with E-state index in [1.54, 1.807) is 0 Å². The van der Waals surface area contributed by atoms with Crippen molar-refractivity contribution in [1.82, 2.24) is 15.2 Å². The Bertz CT molecular complexity index is 1150. The molecule has 2 N–H and O–H groups in total. The van der Waals surface area contributed by atoms with Crippen molar-refractivity contribution in [3.63, 3.8) is 0 Å². The smallest absolute Gasteiger partial charge is 0.149 e. The van der Waals surface area contributed by atoms with Crippen LogP contribution in [0.2, 0.25) is 0 Å². The van der Waals surface area contributed by atoms with Gasteiger partial charge in [0.2, 0.25) is 0 Å². The van der Waals surface area contributed by atoms with Gasteiger partial charge in [-0.1, -0.05) is 24.4 Å². The van der Waals surface area contributed by atoms with E-state index in [0.29, 0.717) is 29.5 Å². The van der Waals surface area contributed by atoms with Gasteiger partial charge in [-0.25, -0.2) is 4.39 Å². The van der Waals surface area contributed by atoms with Crippen molar-refractivity contribution in [2.75, 3.05) is 44.7 Å². The number of nitrogens with one attached hydrogen (secondary N) is 1. The zero-order chi connectivity index (χ0) is 23.9. The summed E-state index contributed by atoms with van der Waals surface area (Å²) in [5.74, 6) is -0.461. The summed E-state index contributed by atoms with van der Waals surface area (Å²) in [5.41, 5.74) is 3.84. The van der Waals surface area contributed by atoms with E-state index in [4.69, 9.17) is 4.84 Å². The third kappa shape index (κ3) is 4.13. The highest BCUT2D eigenvalue weighted by molar-refractivity contribution is 6.11. The number of hydrogen-bond acceptors (Lipinski definition) is 7.